The average Bonchev–Trinajstić information content (AvgIpc) is 3.06. The number of allylic oxidation sites excluding steroid dienone is 1. The number of ether oxygens (including phenoxy) is 2. The molecule has 8 nitrogen and oxygen atoms in total. The Balaban J connectivity index is 1.64. The number of amides is 4. The van der Waals surface area contributed by atoms with Gasteiger partial charge < -0.3 is 20.1 Å². The van der Waals surface area contributed by atoms with Crippen molar-refractivity contribution in [2.45, 2.75) is 13.5 Å². The van der Waals surface area contributed by atoms with Crippen molar-refractivity contribution >= 4 is 29.6 Å². The summed E-state index contributed by atoms with van der Waals surface area (Å²) in [7, 11) is 1.54. The van der Waals surface area contributed by atoms with E-state index >= 15 is 0 Å². The topological polar surface area (TPSA) is 97.0 Å². The van der Waals surface area contributed by atoms with Crippen molar-refractivity contribution in [3.63, 3.8) is 0 Å². The van der Waals surface area contributed by atoms with Crippen LogP contribution >= 0.6 is 0 Å². The minimum atomic E-state index is -0.446. The van der Waals surface area contributed by atoms with Crippen LogP contribution in [0.1, 0.15) is 18.1 Å². The molecule has 1 aliphatic heterocycles. The van der Waals surface area contributed by atoms with Crippen LogP contribution < -0.4 is 20.1 Å². The van der Waals surface area contributed by atoms with Gasteiger partial charge in [0, 0.05) is 5.69 Å². The van der Waals surface area contributed by atoms with Crippen molar-refractivity contribution in [1.29, 1.82) is 0 Å². The molecule has 0 saturated carbocycles. The molecule has 0 radical (unpaired) electrons. The van der Waals surface area contributed by atoms with Gasteiger partial charge in [-0.05, 0) is 36.2 Å². The normalized spacial score (nSPS) is 13.5. The van der Waals surface area contributed by atoms with Gasteiger partial charge in [-0.15, -0.1) is 0 Å². The molecule has 0 aromatic heterocycles. The van der Waals surface area contributed by atoms with E-state index in [1.165, 1.54) is 7.11 Å². The van der Waals surface area contributed by atoms with Crippen LogP contribution in [-0.2, 0) is 16.1 Å². The minimum absolute atomic E-state index is 0.0180. The van der Waals surface area contributed by atoms with Crippen LogP contribution in [0, 0.1) is 0 Å². The zero-order valence-electron chi connectivity index (χ0n) is 16.8. The van der Waals surface area contributed by atoms with Gasteiger partial charge >= 0.3 is 6.03 Å². The summed E-state index contributed by atoms with van der Waals surface area (Å²) in [6.07, 6.45) is 3.85. The van der Waals surface area contributed by atoms with E-state index in [-0.39, 0.29) is 31.5 Å². The van der Waals surface area contributed by atoms with Gasteiger partial charge in [-0.3, -0.25) is 14.5 Å². The van der Waals surface area contributed by atoms with Gasteiger partial charge in [0.1, 0.15) is 0 Å². The van der Waals surface area contributed by atoms with Crippen molar-refractivity contribution < 1.29 is 23.9 Å². The maximum absolute atomic E-state index is 12.4. The first-order valence-electron chi connectivity index (χ1n) is 9.41. The number of carbonyl (C=O) groups is 3. The molecule has 8 heteroatoms. The number of nitrogens with zero attached hydrogens (tertiary/aromatic N) is 1. The molecular weight excluding hydrogens is 386 g/mol. The number of carbonyl (C=O) groups excluding carboxylic acids is 3. The van der Waals surface area contributed by atoms with Crippen LogP contribution in [0.2, 0.25) is 0 Å². The van der Waals surface area contributed by atoms with Crippen molar-refractivity contribution in [3.8, 4) is 11.5 Å². The van der Waals surface area contributed by atoms with E-state index in [1.807, 2.05) is 31.2 Å². The third-order valence-corrected chi connectivity index (χ3v) is 4.46. The maximum atomic E-state index is 12.4. The molecule has 0 aliphatic carbocycles. The van der Waals surface area contributed by atoms with Crippen molar-refractivity contribution in [3.05, 3.63) is 59.7 Å². The Morgan fingerprint density at radius 3 is 2.70 bits per heavy atom. The Hall–Kier alpha value is -3.81. The third-order valence-electron chi connectivity index (χ3n) is 4.46. The fourth-order valence-electron chi connectivity index (χ4n) is 2.99. The van der Waals surface area contributed by atoms with Crippen molar-refractivity contribution in [1.82, 2.24) is 10.2 Å². The lowest BCUT2D eigenvalue weighted by molar-refractivity contribution is -0.125. The molecule has 0 bridgehead atoms. The van der Waals surface area contributed by atoms with Crippen LogP contribution in [0.4, 0.5) is 10.5 Å². The summed E-state index contributed by atoms with van der Waals surface area (Å²) < 4.78 is 10.9. The smallest absolute Gasteiger partial charge is 0.324 e. The molecule has 4 amide bonds. The summed E-state index contributed by atoms with van der Waals surface area (Å²) in [5.74, 6) is 0.294. The Bertz CT molecular complexity index is 970. The van der Waals surface area contributed by atoms with E-state index in [9.17, 15) is 14.4 Å². The highest BCUT2D eigenvalue weighted by molar-refractivity contribution is 6.02. The molecule has 0 spiro atoms. The monoisotopic (exact) mass is 409 g/mol. The van der Waals surface area contributed by atoms with Crippen LogP contribution in [-0.4, -0.2) is 43.0 Å². The number of imide groups is 1. The van der Waals surface area contributed by atoms with E-state index < -0.39 is 6.03 Å². The summed E-state index contributed by atoms with van der Waals surface area (Å²) in [5.41, 5.74) is 2.11. The second kappa shape index (κ2) is 9.60. The van der Waals surface area contributed by atoms with Gasteiger partial charge in [0.15, 0.2) is 18.1 Å². The van der Waals surface area contributed by atoms with Crippen LogP contribution in [0.15, 0.2) is 48.5 Å². The Labute approximate surface area is 174 Å². The molecule has 1 saturated heterocycles. The van der Waals surface area contributed by atoms with E-state index in [1.54, 1.807) is 30.3 Å². The number of benzene rings is 2. The molecule has 0 unspecified atom stereocenters. The van der Waals surface area contributed by atoms with E-state index in [0.717, 1.165) is 10.5 Å². The number of hydrogen-bond acceptors (Lipinski definition) is 5. The molecule has 30 heavy (non-hydrogen) atoms. The zero-order valence-corrected chi connectivity index (χ0v) is 16.8. The molecule has 1 fully saturated rings. The maximum Gasteiger partial charge on any atom is 0.324 e. The second-order valence-electron chi connectivity index (χ2n) is 6.54. The molecule has 2 N–H and O–H groups in total. The van der Waals surface area contributed by atoms with Crippen molar-refractivity contribution in [2.75, 3.05) is 25.6 Å². The first-order chi connectivity index (χ1) is 14.5. The molecule has 1 heterocycles. The lowest BCUT2D eigenvalue weighted by Crippen LogP contribution is -2.31. The molecule has 2 aromatic rings. The van der Waals surface area contributed by atoms with Crippen molar-refractivity contribution in [2.24, 2.45) is 0 Å². The molecule has 1 aliphatic rings. The summed E-state index contributed by atoms with van der Waals surface area (Å²) in [6.45, 7) is 1.75. The Morgan fingerprint density at radius 2 is 2.00 bits per heavy atom. The number of rotatable bonds is 8. The predicted octanol–water partition coefficient (Wildman–Crippen LogP) is 2.80. The van der Waals surface area contributed by atoms with Gasteiger partial charge in [0.25, 0.3) is 5.91 Å². The molecule has 0 atom stereocenters. The van der Waals surface area contributed by atoms with Gasteiger partial charge in [0.05, 0.1) is 20.2 Å². The molecule has 156 valence electrons. The van der Waals surface area contributed by atoms with Gasteiger partial charge in [-0.1, -0.05) is 36.4 Å². The number of para-hydroxylation sites is 1. The van der Waals surface area contributed by atoms with Gasteiger partial charge in [-0.2, -0.15) is 0 Å². The fraction of sp³-hybridized carbons (Fsp3) is 0.227. The highest BCUT2D eigenvalue weighted by Gasteiger charge is 2.29. The van der Waals surface area contributed by atoms with E-state index in [0.29, 0.717) is 22.7 Å². The summed E-state index contributed by atoms with van der Waals surface area (Å²) >= 11 is 0. The minimum Gasteiger partial charge on any atom is -0.493 e. The lowest BCUT2D eigenvalue weighted by Gasteiger charge is -2.16. The summed E-state index contributed by atoms with van der Waals surface area (Å²) in [6, 6.07) is 12.0. The summed E-state index contributed by atoms with van der Waals surface area (Å²) in [4.78, 5) is 37.1. The molecule has 2 aromatic carbocycles. The largest absolute Gasteiger partial charge is 0.493 e. The Morgan fingerprint density at radius 1 is 1.20 bits per heavy atom. The number of urea groups is 1. The van der Waals surface area contributed by atoms with Crippen LogP contribution in [0.3, 0.4) is 0 Å². The lowest BCUT2D eigenvalue weighted by atomic mass is 10.1. The number of nitrogens with one attached hydrogen (secondary N) is 2. The fourth-order valence-corrected chi connectivity index (χ4v) is 2.99. The first-order valence-corrected chi connectivity index (χ1v) is 9.41. The molecule has 3 rings (SSSR count). The highest BCUT2D eigenvalue weighted by Crippen LogP contribution is 2.28. The standard InChI is InChI=1S/C22H23N3O5/c1-3-6-15-9-10-18(19(11-15)29-2)30-14-20(26)24-17-8-5-4-7-16(17)13-25-21(27)12-23-22(25)28/h3-11H,12-14H2,1-2H3,(H,23,28)(H,24,26). The zero-order chi connectivity index (χ0) is 21.5. The number of hydrogen-bond donors (Lipinski definition) is 2. The SMILES string of the molecule is CC=Cc1ccc(OCC(=O)Nc2ccccc2CN2C(=O)CNC2=O)c(OC)c1. The third kappa shape index (κ3) is 4.96. The van der Waals surface area contributed by atoms with Gasteiger partial charge in [0.2, 0.25) is 5.91 Å². The quantitative estimate of drug-likeness (QED) is 0.654. The first kappa shape index (κ1) is 20.9. The van der Waals surface area contributed by atoms with Gasteiger partial charge in [-0.25, -0.2) is 4.79 Å². The van der Waals surface area contributed by atoms with Crippen LogP contribution in [0.25, 0.3) is 6.08 Å². The second-order valence-corrected chi connectivity index (χ2v) is 6.54. The Kier molecular flexibility index (Phi) is 6.69. The predicted molar refractivity (Wildman–Crippen MR) is 112 cm³/mol. The van der Waals surface area contributed by atoms with E-state index in [2.05, 4.69) is 10.6 Å². The highest BCUT2D eigenvalue weighted by atomic mass is 16.5. The average molecular weight is 409 g/mol. The number of methoxy groups -OCH3 is 1. The number of anilines is 1. The van der Waals surface area contributed by atoms with Crippen LogP contribution in [0.5, 0.6) is 11.5 Å². The van der Waals surface area contributed by atoms with E-state index in [4.69, 9.17) is 9.47 Å². The summed E-state index contributed by atoms with van der Waals surface area (Å²) in [5, 5.41) is 5.24. The molecular formula is C22H23N3O5.